The second-order valence-electron chi connectivity index (χ2n) is 6.29. The van der Waals surface area contributed by atoms with Crippen LogP contribution in [0, 0.1) is 6.92 Å². The second-order valence-corrected chi connectivity index (χ2v) is 7.23. The van der Waals surface area contributed by atoms with E-state index in [2.05, 4.69) is 60.0 Å². The molecule has 0 amide bonds. The summed E-state index contributed by atoms with van der Waals surface area (Å²) < 4.78 is 11.3. The van der Waals surface area contributed by atoms with Gasteiger partial charge in [-0.15, -0.1) is 35.3 Å². The van der Waals surface area contributed by atoms with Gasteiger partial charge in [0.05, 0.1) is 30.4 Å². The third kappa shape index (κ3) is 9.31. The van der Waals surface area contributed by atoms with Gasteiger partial charge in [0.25, 0.3) is 0 Å². The van der Waals surface area contributed by atoms with Crippen LogP contribution in [0.4, 0.5) is 0 Å². The molecular weight excluding hydrogens is 499 g/mol. The largest absolute Gasteiger partial charge is 0.491 e. The second kappa shape index (κ2) is 14.6. The molecule has 1 aromatic heterocycles. The van der Waals surface area contributed by atoms with E-state index in [4.69, 9.17) is 14.5 Å². The molecule has 0 unspecified atom stereocenters. The van der Waals surface area contributed by atoms with Gasteiger partial charge < -0.3 is 20.1 Å². The molecule has 0 atom stereocenters. The molecule has 0 aliphatic carbocycles. The third-order valence-corrected chi connectivity index (χ3v) is 5.04. The van der Waals surface area contributed by atoms with Gasteiger partial charge in [-0.25, -0.2) is 9.98 Å². The standard InChI is InChI=1S/C21H32N4O2S.HI/c1-5-20-25-18(15-28-20)14-24-21(22-6-2)23-13-17-9-8-16(4)12-19(17)27-11-10-26-7-3;/h8-9,12,15H,5-7,10-11,13-14H2,1-4H3,(H2,22,23,24);1H. The van der Waals surface area contributed by atoms with Crippen LogP contribution in [0.1, 0.15) is 42.6 Å². The number of ether oxygens (including phenoxy) is 2. The number of nitrogens with zero attached hydrogens (tertiary/aromatic N) is 2. The number of guanidine groups is 1. The first-order valence-electron chi connectivity index (χ1n) is 9.91. The molecule has 0 saturated heterocycles. The zero-order valence-corrected chi connectivity index (χ0v) is 20.9. The van der Waals surface area contributed by atoms with E-state index in [1.54, 1.807) is 11.3 Å². The van der Waals surface area contributed by atoms with E-state index < -0.39 is 0 Å². The first-order valence-corrected chi connectivity index (χ1v) is 10.8. The molecular formula is C21H33IN4O2S. The maximum Gasteiger partial charge on any atom is 0.191 e. The maximum atomic E-state index is 5.91. The number of rotatable bonds is 11. The van der Waals surface area contributed by atoms with Crippen molar-refractivity contribution in [2.75, 3.05) is 26.4 Å². The summed E-state index contributed by atoms with van der Waals surface area (Å²) in [6.45, 7) is 12.1. The van der Waals surface area contributed by atoms with Crippen molar-refractivity contribution < 1.29 is 9.47 Å². The van der Waals surface area contributed by atoms with Gasteiger partial charge in [0, 0.05) is 24.1 Å². The molecule has 0 saturated carbocycles. The summed E-state index contributed by atoms with van der Waals surface area (Å²) in [5, 5.41) is 9.90. The van der Waals surface area contributed by atoms with E-state index in [1.807, 2.05) is 6.92 Å². The van der Waals surface area contributed by atoms with Crippen LogP contribution in [0.3, 0.4) is 0 Å². The summed E-state index contributed by atoms with van der Waals surface area (Å²) in [7, 11) is 0. The zero-order chi connectivity index (χ0) is 20.2. The highest BCUT2D eigenvalue weighted by atomic mass is 127. The summed E-state index contributed by atoms with van der Waals surface area (Å²) in [5.74, 6) is 1.64. The number of aryl methyl sites for hydroxylation is 2. The van der Waals surface area contributed by atoms with Crippen molar-refractivity contribution in [3.05, 3.63) is 45.4 Å². The maximum absolute atomic E-state index is 5.91. The summed E-state index contributed by atoms with van der Waals surface area (Å²) in [4.78, 5) is 9.31. The average molecular weight is 532 g/mol. The monoisotopic (exact) mass is 532 g/mol. The summed E-state index contributed by atoms with van der Waals surface area (Å²) in [6.07, 6.45) is 0.971. The molecule has 6 nitrogen and oxygen atoms in total. The van der Waals surface area contributed by atoms with E-state index in [-0.39, 0.29) is 24.0 Å². The number of nitrogens with one attached hydrogen (secondary N) is 2. The molecule has 1 aromatic carbocycles. The first kappa shape index (κ1) is 25.6. The zero-order valence-electron chi connectivity index (χ0n) is 17.8. The Morgan fingerprint density at radius 2 is 2.00 bits per heavy atom. The molecule has 0 aliphatic heterocycles. The lowest BCUT2D eigenvalue weighted by atomic mass is 10.1. The highest BCUT2D eigenvalue weighted by Gasteiger charge is 2.06. The fourth-order valence-corrected chi connectivity index (χ4v) is 3.30. The van der Waals surface area contributed by atoms with Gasteiger partial charge in [0.15, 0.2) is 5.96 Å². The van der Waals surface area contributed by atoms with Crippen LogP contribution >= 0.6 is 35.3 Å². The molecule has 2 rings (SSSR count). The summed E-state index contributed by atoms with van der Waals surface area (Å²) in [5.41, 5.74) is 3.27. The van der Waals surface area contributed by atoms with Crippen molar-refractivity contribution in [2.24, 2.45) is 4.99 Å². The average Bonchev–Trinajstić information content (AvgIpc) is 3.16. The van der Waals surface area contributed by atoms with Crippen LogP contribution in [0.15, 0.2) is 28.6 Å². The fraction of sp³-hybridized carbons (Fsp3) is 0.524. The Kier molecular flexibility index (Phi) is 12.9. The molecule has 2 N–H and O–H groups in total. The van der Waals surface area contributed by atoms with Crippen molar-refractivity contribution in [1.82, 2.24) is 15.6 Å². The normalized spacial score (nSPS) is 11.1. The predicted molar refractivity (Wildman–Crippen MR) is 132 cm³/mol. The van der Waals surface area contributed by atoms with Crippen molar-refractivity contribution in [1.29, 1.82) is 0 Å². The first-order chi connectivity index (χ1) is 13.7. The lowest BCUT2D eigenvalue weighted by Crippen LogP contribution is -2.36. The Balaban J connectivity index is 0.00000420. The SMILES string of the molecule is CCNC(=NCc1ccc(C)cc1OCCOCC)NCc1csc(CC)n1.I. The minimum Gasteiger partial charge on any atom is -0.491 e. The number of aromatic nitrogens is 1. The van der Waals surface area contributed by atoms with E-state index in [0.717, 1.165) is 40.9 Å². The lowest BCUT2D eigenvalue weighted by molar-refractivity contribution is 0.110. The van der Waals surface area contributed by atoms with Crippen LogP contribution in [-0.4, -0.2) is 37.3 Å². The topological polar surface area (TPSA) is 67.8 Å². The highest BCUT2D eigenvalue weighted by molar-refractivity contribution is 14.0. The van der Waals surface area contributed by atoms with Crippen molar-refractivity contribution in [3.8, 4) is 5.75 Å². The van der Waals surface area contributed by atoms with Gasteiger partial charge in [-0.05, 0) is 38.8 Å². The molecule has 1 heterocycles. The molecule has 0 bridgehead atoms. The van der Waals surface area contributed by atoms with Gasteiger partial charge in [-0.3, -0.25) is 0 Å². The minimum atomic E-state index is 0. The molecule has 2 aromatic rings. The van der Waals surface area contributed by atoms with Crippen molar-refractivity contribution >= 4 is 41.3 Å². The number of hydrogen-bond donors (Lipinski definition) is 2. The number of aliphatic imine (C=N–C) groups is 1. The fourth-order valence-electron chi connectivity index (χ4n) is 2.55. The Bertz CT molecular complexity index is 752. The van der Waals surface area contributed by atoms with Crippen LogP contribution in [0.2, 0.25) is 0 Å². The number of halogens is 1. The number of benzene rings is 1. The Hall–Kier alpha value is -1.39. The molecule has 162 valence electrons. The van der Waals surface area contributed by atoms with Gasteiger partial charge in [0.2, 0.25) is 0 Å². The number of hydrogen-bond acceptors (Lipinski definition) is 5. The molecule has 0 fully saturated rings. The van der Waals surface area contributed by atoms with Crippen molar-refractivity contribution in [3.63, 3.8) is 0 Å². The van der Waals surface area contributed by atoms with Crippen molar-refractivity contribution in [2.45, 2.75) is 47.2 Å². The van der Waals surface area contributed by atoms with Crippen LogP contribution in [0.25, 0.3) is 0 Å². The number of thiazole rings is 1. The van der Waals surface area contributed by atoms with E-state index in [0.29, 0.717) is 32.9 Å². The van der Waals surface area contributed by atoms with Gasteiger partial charge in [0.1, 0.15) is 12.4 Å². The lowest BCUT2D eigenvalue weighted by Gasteiger charge is -2.13. The van der Waals surface area contributed by atoms with E-state index >= 15 is 0 Å². The Labute approximate surface area is 195 Å². The Morgan fingerprint density at radius 1 is 1.17 bits per heavy atom. The molecule has 8 heteroatoms. The quantitative estimate of drug-likeness (QED) is 0.196. The van der Waals surface area contributed by atoms with E-state index in [1.165, 1.54) is 5.56 Å². The summed E-state index contributed by atoms with van der Waals surface area (Å²) >= 11 is 1.70. The van der Waals surface area contributed by atoms with Gasteiger partial charge in [-0.1, -0.05) is 19.1 Å². The van der Waals surface area contributed by atoms with Crippen LogP contribution < -0.4 is 15.4 Å². The predicted octanol–water partition coefficient (Wildman–Crippen LogP) is 4.30. The Morgan fingerprint density at radius 3 is 2.69 bits per heavy atom. The highest BCUT2D eigenvalue weighted by Crippen LogP contribution is 2.21. The molecule has 0 spiro atoms. The van der Waals surface area contributed by atoms with Gasteiger partial charge in [-0.2, -0.15) is 0 Å². The van der Waals surface area contributed by atoms with Crippen LogP contribution in [-0.2, 0) is 24.2 Å². The summed E-state index contributed by atoms with van der Waals surface area (Å²) in [6, 6.07) is 6.22. The van der Waals surface area contributed by atoms with Gasteiger partial charge >= 0.3 is 0 Å². The smallest absolute Gasteiger partial charge is 0.191 e. The minimum absolute atomic E-state index is 0. The molecule has 0 radical (unpaired) electrons. The third-order valence-electron chi connectivity index (χ3n) is 4.00. The molecule has 29 heavy (non-hydrogen) atoms. The van der Waals surface area contributed by atoms with E-state index in [9.17, 15) is 0 Å². The molecule has 0 aliphatic rings. The van der Waals surface area contributed by atoms with Crippen LogP contribution in [0.5, 0.6) is 5.75 Å².